The van der Waals surface area contributed by atoms with E-state index in [4.69, 9.17) is 5.26 Å². The Hall–Kier alpha value is -0.940. The molecule has 82 valence electrons. The summed E-state index contributed by atoms with van der Waals surface area (Å²) in [5.74, 6) is 0. The third kappa shape index (κ3) is 1.64. The van der Waals surface area contributed by atoms with E-state index in [1.807, 2.05) is 6.07 Å². The fourth-order valence-electron chi connectivity index (χ4n) is 2.98. The van der Waals surface area contributed by atoms with Gasteiger partial charge in [-0.15, -0.1) is 11.8 Å². The first-order valence-corrected chi connectivity index (χ1v) is 6.85. The van der Waals surface area contributed by atoms with Crippen molar-refractivity contribution in [1.29, 1.82) is 5.26 Å². The van der Waals surface area contributed by atoms with Crippen LogP contribution < -0.4 is 0 Å². The van der Waals surface area contributed by atoms with Gasteiger partial charge in [-0.25, -0.2) is 0 Å². The number of hydrogen-bond donors (Lipinski definition) is 0. The highest BCUT2D eigenvalue weighted by Gasteiger charge is 2.38. The molecule has 0 unspecified atom stereocenters. The first-order valence-electron chi connectivity index (χ1n) is 6.03. The number of nitriles is 1. The van der Waals surface area contributed by atoms with E-state index >= 15 is 0 Å². The van der Waals surface area contributed by atoms with Crippen molar-refractivity contribution in [1.82, 2.24) is 0 Å². The van der Waals surface area contributed by atoms with E-state index in [9.17, 15) is 0 Å². The molecule has 0 saturated heterocycles. The second kappa shape index (κ2) is 3.82. The van der Waals surface area contributed by atoms with E-state index in [2.05, 4.69) is 30.0 Å². The van der Waals surface area contributed by atoms with E-state index in [1.54, 1.807) is 0 Å². The third-order valence-corrected chi connectivity index (χ3v) is 5.40. The van der Waals surface area contributed by atoms with Crippen LogP contribution in [0.25, 0.3) is 0 Å². The predicted octanol–water partition coefficient (Wildman–Crippen LogP) is 3.91. The number of rotatable bonds is 0. The fourth-order valence-corrected chi connectivity index (χ4v) is 4.56. The van der Waals surface area contributed by atoms with Gasteiger partial charge in [-0.3, -0.25) is 0 Å². The zero-order chi connectivity index (χ0) is 11.0. The van der Waals surface area contributed by atoms with Gasteiger partial charge in [0.15, 0.2) is 0 Å². The quantitative estimate of drug-likeness (QED) is 0.673. The summed E-state index contributed by atoms with van der Waals surface area (Å²) in [6.45, 7) is 0. The summed E-state index contributed by atoms with van der Waals surface area (Å²) >= 11 is 2.07. The van der Waals surface area contributed by atoms with E-state index < -0.39 is 0 Å². The molecule has 0 amide bonds. The fraction of sp³-hybridized carbons (Fsp3) is 0.500. The van der Waals surface area contributed by atoms with Crippen molar-refractivity contribution < 1.29 is 0 Å². The Morgan fingerprint density at radius 2 is 2.00 bits per heavy atom. The molecule has 0 bridgehead atoms. The third-order valence-electron chi connectivity index (χ3n) is 3.79. The Morgan fingerprint density at radius 1 is 1.19 bits per heavy atom. The van der Waals surface area contributed by atoms with Gasteiger partial charge >= 0.3 is 0 Å². The Bertz CT molecular complexity index is 452. The van der Waals surface area contributed by atoms with E-state index in [0.717, 1.165) is 5.56 Å². The molecular weight excluding hydrogens is 214 g/mol. The van der Waals surface area contributed by atoms with Crippen molar-refractivity contribution in [2.75, 3.05) is 0 Å². The lowest BCUT2D eigenvalue weighted by atomic mass is 9.84. The zero-order valence-electron chi connectivity index (χ0n) is 9.33. The Balaban J connectivity index is 1.91. The Labute approximate surface area is 101 Å². The number of benzene rings is 1. The molecule has 1 spiro atoms. The minimum atomic E-state index is 0.481. The summed E-state index contributed by atoms with van der Waals surface area (Å²) in [4.78, 5) is 1.42. The Kier molecular flexibility index (Phi) is 2.44. The van der Waals surface area contributed by atoms with Gasteiger partial charge in [-0.2, -0.15) is 5.26 Å². The van der Waals surface area contributed by atoms with Gasteiger partial charge in [0, 0.05) is 9.64 Å². The average molecular weight is 229 g/mol. The first kappa shape index (κ1) is 10.2. The standard InChI is InChI=1S/C14H15NS/c15-10-11-4-5-13-12(8-11)9-14(16-13)6-2-1-3-7-14/h4-5,8H,1-3,6-7,9H2. The molecule has 2 aliphatic rings. The van der Waals surface area contributed by atoms with E-state index in [0.29, 0.717) is 4.75 Å². The minimum absolute atomic E-state index is 0.481. The summed E-state index contributed by atoms with van der Waals surface area (Å²) < 4.78 is 0.481. The summed E-state index contributed by atoms with van der Waals surface area (Å²) in [5.41, 5.74) is 2.22. The molecule has 0 atom stereocenters. The molecule has 1 fully saturated rings. The number of hydrogen-bond acceptors (Lipinski definition) is 2. The highest BCUT2D eigenvalue weighted by molar-refractivity contribution is 8.01. The van der Waals surface area contributed by atoms with Crippen LogP contribution in [0.3, 0.4) is 0 Å². The molecule has 1 aliphatic heterocycles. The van der Waals surface area contributed by atoms with Crippen LogP contribution in [-0.4, -0.2) is 4.75 Å². The predicted molar refractivity (Wildman–Crippen MR) is 66.5 cm³/mol. The molecule has 3 rings (SSSR count). The van der Waals surface area contributed by atoms with Gasteiger partial charge in [0.25, 0.3) is 0 Å². The van der Waals surface area contributed by atoms with Gasteiger partial charge in [-0.05, 0) is 43.0 Å². The molecule has 1 aromatic rings. The summed E-state index contributed by atoms with van der Waals surface area (Å²) in [6, 6.07) is 8.42. The van der Waals surface area contributed by atoms with Gasteiger partial charge in [0.1, 0.15) is 0 Å². The zero-order valence-corrected chi connectivity index (χ0v) is 10.1. The maximum absolute atomic E-state index is 8.91. The van der Waals surface area contributed by atoms with Gasteiger partial charge < -0.3 is 0 Å². The molecule has 1 saturated carbocycles. The Morgan fingerprint density at radius 3 is 2.75 bits per heavy atom. The molecule has 0 radical (unpaired) electrons. The molecule has 1 nitrogen and oxygen atoms in total. The lowest BCUT2D eigenvalue weighted by Gasteiger charge is -2.32. The van der Waals surface area contributed by atoms with Gasteiger partial charge in [0.05, 0.1) is 11.6 Å². The number of thioether (sulfide) groups is 1. The molecule has 2 heteroatoms. The summed E-state index contributed by atoms with van der Waals surface area (Å²) in [7, 11) is 0. The normalized spacial score (nSPS) is 21.7. The maximum Gasteiger partial charge on any atom is 0.0991 e. The molecule has 1 aromatic carbocycles. The van der Waals surface area contributed by atoms with Crippen LogP contribution in [0.15, 0.2) is 23.1 Å². The molecule has 0 N–H and O–H groups in total. The van der Waals surface area contributed by atoms with Gasteiger partial charge in [-0.1, -0.05) is 19.3 Å². The molecule has 0 aromatic heterocycles. The van der Waals surface area contributed by atoms with Crippen LogP contribution in [0.1, 0.15) is 43.2 Å². The van der Waals surface area contributed by atoms with Crippen molar-refractivity contribution in [3.8, 4) is 6.07 Å². The number of nitrogens with zero attached hydrogens (tertiary/aromatic N) is 1. The second-order valence-corrected chi connectivity index (χ2v) is 6.47. The smallest absolute Gasteiger partial charge is 0.0991 e. The largest absolute Gasteiger partial charge is 0.192 e. The molecule has 1 heterocycles. The average Bonchev–Trinajstić information content (AvgIpc) is 2.66. The van der Waals surface area contributed by atoms with Crippen LogP contribution in [0.4, 0.5) is 0 Å². The van der Waals surface area contributed by atoms with Crippen LogP contribution in [0.2, 0.25) is 0 Å². The monoisotopic (exact) mass is 229 g/mol. The minimum Gasteiger partial charge on any atom is -0.192 e. The van der Waals surface area contributed by atoms with E-state index in [-0.39, 0.29) is 0 Å². The van der Waals surface area contributed by atoms with Crippen LogP contribution in [0, 0.1) is 11.3 Å². The van der Waals surface area contributed by atoms with Crippen LogP contribution >= 0.6 is 11.8 Å². The van der Waals surface area contributed by atoms with Gasteiger partial charge in [0.2, 0.25) is 0 Å². The van der Waals surface area contributed by atoms with Crippen LogP contribution in [-0.2, 0) is 6.42 Å². The second-order valence-electron chi connectivity index (χ2n) is 4.96. The first-order chi connectivity index (χ1) is 7.81. The van der Waals surface area contributed by atoms with Crippen molar-refractivity contribution in [2.45, 2.75) is 48.2 Å². The number of fused-ring (bicyclic) bond motifs is 1. The van der Waals surface area contributed by atoms with Crippen molar-refractivity contribution in [3.05, 3.63) is 29.3 Å². The van der Waals surface area contributed by atoms with Crippen molar-refractivity contribution in [3.63, 3.8) is 0 Å². The van der Waals surface area contributed by atoms with Crippen LogP contribution in [0.5, 0.6) is 0 Å². The summed E-state index contributed by atoms with van der Waals surface area (Å²) in [5, 5.41) is 8.91. The highest BCUT2D eigenvalue weighted by atomic mass is 32.2. The maximum atomic E-state index is 8.91. The SMILES string of the molecule is N#Cc1ccc2c(c1)CC1(CCCCC1)S2. The van der Waals surface area contributed by atoms with Crippen molar-refractivity contribution in [2.24, 2.45) is 0 Å². The molecule has 16 heavy (non-hydrogen) atoms. The molecule has 1 aliphatic carbocycles. The summed E-state index contributed by atoms with van der Waals surface area (Å²) in [6.07, 6.45) is 8.06. The lowest BCUT2D eigenvalue weighted by molar-refractivity contribution is 0.400. The topological polar surface area (TPSA) is 23.8 Å². The lowest BCUT2D eigenvalue weighted by Crippen LogP contribution is -2.26. The molecular formula is C14H15NS. The van der Waals surface area contributed by atoms with E-state index in [1.165, 1.54) is 49.0 Å². The highest BCUT2D eigenvalue weighted by Crippen LogP contribution is 2.52. The van der Waals surface area contributed by atoms with Crippen molar-refractivity contribution >= 4 is 11.8 Å².